The van der Waals surface area contributed by atoms with Crippen LogP contribution in [0.1, 0.15) is 29.8 Å². The van der Waals surface area contributed by atoms with Gasteiger partial charge in [0.25, 0.3) is 5.91 Å². The van der Waals surface area contributed by atoms with Crippen LogP contribution in [-0.4, -0.2) is 82.7 Å². The van der Waals surface area contributed by atoms with E-state index < -0.39 is 12.1 Å². The van der Waals surface area contributed by atoms with Crippen molar-refractivity contribution in [2.24, 2.45) is 5.92 Å². The van der Waals surface area contributed by atoms with Crippen LogP contribution in [0.2, 0.25) is 0 Å². The molecule has 0 fully saturated rings. The summed E-state index contributed by atoms with van der Waals surface area (Å²) in [4.78, 5) is 38.5. The maximum atomic E-state index is 13.7. The molecule has 3 heterocycles. The predicted octanol–water partition coefficient (Wildman–Crippen LogP) is 3.07. The smallest absolute Gasteiger partial charge is 0.259 e. The Morgan fingerprint density at radius 1 is 1.21 bits per heavy atom. The van der Waals surface area contributed by atoms with Crippen molar-refractivity contribution in [2.45, 2.75) is 32.4 Å². The van der Waals surface area contributed by atoms with Crippen LogP contribution < -0.4 is 9.47 Å². The molecule has 1 aromatic carbocycles. The second-order valence-corrected chi connectivity index (χ2v) is 9.73. The maximum Gasteiger partial charge on any atom is 0.259 e. The summed E-state index contributed by atoms with van der Waals surface area (Å²) in [5.41, 5.74) is 2.84. The Labute approximate surface area is 223 Å². The number of hydrogen-bond acceptors (Lipinski definition) is 7. The van der Waals surface area contributed by atoms with Gasteiger partial charge in [-0.2, -0.15) is 0 Å². The van der Waals surface area contributed by atoms with Crippen LogP contribution in [0.15, 0.2) is 61.1 Å². The third-order valence-corrected chi connectivity index (χ3v) is 6.93. The van der Waals surface area contributed by atoms with E-state index in [1.165, 1.54) is 0 Å². The molecule has 2 amide bonds. The zero-order valence-electron chi connectivity index (χ0n) is 22.2. The van der Waals surface area contributed by atoms with Crippen LogP contribution >= 0.6 is 0 Å². The van der Waals surface area contributed by atoms with Crippen molar-refractivity contribution in [3.05, 3.63) is 72.2 Å². The quantitative estimate of drug-likeness (QED) is 0.489. The second kappa shape index (κ2) is 12.0. The van der Waals surface area contributed by atoms with Gasteiger partial charge in [-0.15, -0.1) is 0 Å². The van der Waals surface area contributed by atoms with E-state index >= 15 is 0 Å². The molecule has 0 aliphatic carbocycles. The number of fused-ring (bicyclic) bond motifs is 1. The number of methoxy groups -OCH3 is 1. The largest absolute Gasteiger partial charge is 0.497 e. The molecule has 3 aromatic rings. The topological polar surface area (TPSA) is 105 Å². The Balaban J connectivity index is 1.63. The molecule has 38 heavy (non-hydrogen) atoms. The summed E-state index contributed by atoms with van der Waals surface area (Å²) in [5, 5.41) is 9.90. The lowest BCUT2D eigenvalue weighted by Gasteiger charge is -2.37. The number of hydrogen-bond donors (Lipinski definition) is 1. The lowest BCUT2D eigenvalue weighted by Crippen LogP contribution is -2.50. The zero-order chi connectivity index (χ0) is 27.2. The minimum atomic E-state index is -0.416. The summed E-state index contributed by atoms with van der Waals surface area (Å²) in [7, 11) is 3.36. The summed E-state index contributed by atoms with van der Waals surface area (Å²) < 4.78 is 11.6. The van der Waals surface area contributed by atoms with E-state index in [1.807, 2.05) is 50.2 Å². The molecule has 1 aliphatic heterocycles. The Hall–Kier alpha value is -3.98. The van der Waals surface area contributed by atoms with E-state index in [1.54, 1.807) is 48.6 Å². The van der Waals surface area contributed by atoms with Crippen molar-refractivity contribution in [1.29, 1.82) is 0 Å². The van der Waals surface area contributed by atoms with Crippen molar-refractivity contribution in [2.75, 3.05) is 33.9 Å². The molecule has 0 bridgehead atoms. The number of aromatic nitrogens is 2. The predicted molar refractivity (Wildman–Crippen MR) is 143 cm³/mol. The molecule has 3 atom stereocenters. The highest BCUT2D eigenvalue weighted by Gasteiger charge is 2.34. The fraction of sp³-hybridized carbons (Fsp3) is 0.379. The summed E-state index contributed by atoms with van der Waals surface area (Å²) in [6, 6.07) is 12.5. The van der Waals surface area contributed by atoms with Gasteiger partial charge in [-0.05, 0) is 48.4 Å². The van der Waals surface area contributed by atoms with Gasteiger partial charge in [0.1, 0.15) is 17.4 Å². The average Bonchev–Trinajstić information content (AvgIpc) is 2.94. The Morgan fingerprint density at radius 2 is 1.92 bits per heavy atom. The highest BCUT2D eigenvalue weighted by Crippen LogP contribution is 2.31. The molecule has 200 valence electrons. The number of pyridine rings is 2. The van der Waals surface area contributed by atoms with E-state index in [-0.39, 0.29) is 36.6 Å². The average molecular weight is 519 g/mol. The maximum absolute atomic E-state index is 13.7. The number of rotatable bonds is 8. The number of likely N-dealkylation sites (N-methyl/N-ethyl adjacent to an activating group) is 1. The van der Waals surface area contributed by atoms with Crippen molar-refractivity contribution >= 4 is 11.8 Å². The first kappa shape index (κ1) is 27.1. The molecule has 0 saturated carbocycles. The van der Waals surface area contributed by atoms with Gasteiger partial charge >= 0.3 is 0 Å². The third-order valence-electron chi connectivity index (χ3n) is 6.93. The highest BCUT2D eigenvalue weighted by molar-refractivity contribution is 5.98. The fourth-order valence-corrected chi connectivity index (χ4v) is 4.44. The Kier molecular flexibility index (Phi) is 8.58. The van der Waals surface area contributed by atoms with Gasteiger partial charge in [0.2, 0.25) is 11.8 Å². The number of carbonyl (C=O) groups is 2. The van der Waals surface area contributed by atoms with Crippen molar-refractivity contribution < 1.29 is 24.2 Å². The first-order valence-corrected chi connectivity index (χ1v) is 12.7. The number of aliphatic hydroxyl groups excluding tert-OH is 1. The molecular formula is C29H34N4O5. The first-order valence-electron chi connectivity index (χ1n) is 12.7. The molecule has 9 nitrogen and oxygen atoms in total. The second-order valence-electron chi connectivity index (χ2n) is 9.73. The number of carbonyl (C=O) groups excluding carboxylic acids is 2. The van der Waals surface area contributed by atoms with Gasteiger partial charge in [0, 0.05) is 43.7 Å². The monoisotopic (exact) mass is 518 g/mol. The van der Waals surface area contributed by atoms with Gasteiger partial charge in [0.05, 0.1) is 32.7 Å². The molecule has 0 spiro atoms. The number of amides is 2. The standard InChI is InChI=1S/C29H34N4O5/c1-19-16-33(20(2)18-34)29(36)25-14-23(22-5-7-24(37-4)8-6-22)15-31-28(25)38-26(19)17-32(3)27(35)13-21-9-11-30-12-10-21/h5-12,14-15,19-20,26,34H,13,16-18H2,1-4H3/t19-,20-,26-/m0/s1. The summed E-state index contributed by atoms with van der Waals surface area (Å²) >= 11 is 0. The van der Waals surface area contributed by atoms with Crippen molar-refractivity contribution in [3.63, 3.8) is 0 Å². The van der Waals surface area contributed by atoms with Crippen molar-refractivity contribution in [1.82, 2.24) is 19.8 Å². The summed E-state index contributed by atoms with van der Waals surface area (Å²) in [6.45, 7) is 4.31. The van der Waals surface area contributed by atoms with E-state index in [2.05, 4.69) is 9.97 Å². The van der Waals surface area contributed by atoms with Gasteiger partial charge in [-0.1, -0.05) is 19.1 Å². The zero-order valence-corrected chi connectivity index (χ0v) is 22.2. The molecule has 1 N–H and O–H groups in total. The highest BCUT2D eigenvalue weighted by atomic mass is 16.5. The van der Waals surface area contributed by atoms with E-state index in [4.69, 9.17) is 9.47 Å². The lowest BCUT2D eigenvalue weighted by atomic mass is 9.99. The minimum absolute atomic E-state index is 0.0474. The van der Waals surface area contributed by atoms with Crippen LogP contribution in [0, 0.1) is 5.92 Å². The molecule has 4 rings (SSSR count). The van der Waals surface area contributed by atoms with Gasteiger partial charge in [-0.3, -0.25) is 14.6 Å². The fourth-order valence-electron chi connectivity index (χ4n) is 4.44. The number of ether oxygens (including phenoxy) is 2. The van der Waals surface area contributed by atoms with Crippen LogP contribution in [-0.2, 0) is 11.2 Å². The molecule has 0 saturated heterocycles. The number of nitrogens with zero attached hydrogens (tertiary/aromatic N) is 4. The van der Waals surface area contributed by atoms with Gasteiger partial charge in [-0.25, -0.2) is 4.98 Å². The first-order chi connectivity index (χ1) is 18.3. The Bertz CT molecular complexity index is 1250. The molecule has 2 aromatic heterocycles. The number of benzene rings is 1. The molecule has 0 unspecified atom stereocenters. The molecule has 1 aliphatic rings. The normalized spacial score (nSPS) is 18.0. The third kappa shape index (κ3) is 6.11. The van der Waals surface area contributed by atoms with Crippen LogP contribution in [0.3, 0.4) is 0 Å². The summed E-state index contributed by atoms with van der Waals surface area (Å²) in [6.07, 6.45) is 4.85. The van der Waals surface area contributed by atoms with Crippen molar-refractivity contribution in [3.8, 4) is 22.8 Å². The lowest BCUT2D eigenvalue weighted by molar-refractivity contribution is -0.130. The minimum Gasteiger partial charge on any atom is -0.497 e. The molecular weight excluding hydrogens is 484 g/mol. The molecule has 0 radical (unpaired) electrons. The molecule has 9 heteroatoms. The SMILES string of the molecule is COc1ccc(-c2cnc3c(c2)C(=O)N([C@@H](C)CO)C[C@H](C)[C@H](CN(C)C(=O)Cc2ccncc2)O3)cc1. The van der Waals surface area contributed by atoms with Crippen LogP contribution in [0.4, 0.5) is 0 Å². The van der Waals surface area contributed by atoms with E-state index in [0.717, 1.165) is 22.4 Å². The Morgan fingerprint density at radius 3 is 2.58 bits per heavy atom. The van der Waals surface area contributed by atoms with E-state index in [9.17, 15) is 14.7 Å². The van der Waals surface area contributed by atoms with Crippen LogP contribution in [0.25, 0.3) is 11.1 Å². The van der Waals surface area contributed by atoms with Gasteiger partial charge < -0.3 is 24.4 Å². The van der Waals surface area contributed by atoms with Gasteiger partial charge in [0.15, 0.2) is 0 Å². The summed E-state index contributed by atoms with van der Waals surface area (Å²) in [5.74, 6) is 0.523. The van der Waals surface area contributed by atoms with E-state index in [0.29, 0.717) is 18.7 Å². The van der Waals surface area contributed by atoms with Crippen LogP contribution in [0.5, 0.6) is 11.6 Å². The number of aliphatic hydroxyl groups is 1.